The number of para-hydroxylation sites is 1. The van der Waals surface area contributed by atoms with E-state index in [0.29, 0.717) is 15.6 Å². The molecule has 4 rings (SSSR count). The van der Waals surface area contributed by atoms with Gasteiger partial charge in [-0.1, -0.05) is 30.3 Å². The van der Waals surface area contributed by atoms with Gasteiger partial charge < -0.3 is 13.5 Å². The molecule has 0 aliphatic carbocycles. The number of carbonyl (C=O) groups is 1. The zero-order chi connectivity index (χ0) is 25.5. The number of rotatable bonds is 9. The molecule has 10 heteroatoms. The van der Waals surface area contributed by atoms with Crippen LogP contribution in [0.3, 0.4) is 0 Å². The van der Waals surface area contributed by atoms with Crippen molar-refractivity contribution in [2.45, 2.75) is 11.8 Å². The maximum absolute atomic E-state index is 12.8. The molecule has 0 aliphatic heterocycles. The van der Waals surface area contributed by atoms with E-state index in [9.17, 15) is 13.2 Å². The molecule has 0 bridgehead atoms. The molecule has 0 saturated heterocycles. The predicted octanol–water partition coefficient (Wildman–Crippen LogP) is 5.17. The minimum absolute atomic E-state index is 0.0162. The van der Waals surface area contributed by atoms with Crippen LogP contribution in [0.15, 0.2) is 106 Å². The van der Waals surface area contributed by atoms with E-state index in [-0.39, 0.29) is 28.9 Å². The number of amides is 1. The van der Waals surface area contributed by atoms with Gasteiger partial charge in [0.15, 0.2) is 11.5 Å². The van der Waals surface area contributed by atoms with E-state index < -0.39 is 10.1 Å². The molecule has 36 heavy (non-hydrogen) atoms. The number of carbonyl (C=O) groups excluding carboxylic acids is 1. The van der Waals surface area contributed by atoms with Crippen LogP contribution in [0.1, 0.15) is 22.8 Å². The van der Waals surface area contributed by atoms with Gasteiger partial charge in [-0.15, -0.1) is 0 Å². The third-order valence-electron chi connectivity index (χ3n) is 4.97. The van der Waals surface area contributed by atoms with Gasteiger partial charge in [-0.3, -0.25) is 4.79 Å². The van der Waals surface area contributed by atoms with Gasteiger partial charge in [0.1, 0.15) is 4.90 Å². The Morgan fingerprint density at radius 3 is 2.44 bits per heavy atom. The molecule has 1 heterocycles. The van der Waals surface area contributed by atoms with Crippen LogP contribution in [0, 0.1) is 0 Å². The van der Waals surface area contributed by atoms with Crippen molar-refractivity contribution in [2.24, 2.45) is 5.10 Å². The average Bonchev–Trinajstić information content (AvgIpc) is 3.42. The lowest BCUT2D eigenvalue weighted by atomic mass is 10.1. The van der Waals surface area contributed by atoms with Crippen molar-refractivity contribution in [3.63, 3.8) is 0 Å². The van der Waals surface area contributed by atoms with Gasteiger partial charge >= 0.3 is 10.1 Å². The van der Waals surface area contributed by atoms with Crippen molar-refractivity contribution in [3.8, 4) is 17.2 Å². The summed E-state index contributed by atoms with van der Waals surface area (Å²) in [5.41, 5.74) is 4.25. The van der Waals surface area contributed by atoms with E-state index in [1.807, 2.05) is 41.2 Å². The van der Waals surface area contributed by atoms with E-state index in [4.69, 9.17) is 8.92 Å². The number of nitrogens with zero attached hydrogens (tertiary/aromatic N) is 2. The molecule has 0 spiro atoms. The molecule has 0 atom stereocenters. The van der Waals surface area contributed by atoms with Gasteiger partial charge in [0, 0.05) is 12.4 Å². The second-order valence-corrected chi connectivity index (χ2v) is 9.82. The largest absolute Gasteiger partial charge is 0.490 e. The summed E-state index contributed by atoms with van der Waals surface area (Å²) in [4.78, 5) is 12.8. The zero-order valence-corrected chi connectivity index (χ0v) is 21.6. The van der Waals surface area contributed by atoms with Gasteiger partial charge in [0.25, 0.3) is 5.91 Å². The molecule has 8 nitrogen and oxygen atoms in total. The Morgan fingerprint density at radius 2 is 1.72 bits per heavy atom. The van der Waals surface area contributed by atoms with Gasteiger partial charge in [-0.05, 0) is 76.9 Å². The molecule has 0 radical (unpaired) electrons. The number of halogens is 1. The molecule has 1 N–H and O–H groups in total. The third kappa shape index (κ3) is 5.84. The first-order valence-electron chi connectivity index (χ1n) is 10.9. The number of benzene rings is 3. The predicted molar refractivity (Wildman–Crippen MR) is 140 cm³/mol. The van der Waals surface area contributed by atoms with Crippen molar-refractivity contribution in [3.05, 3.63) is 107 Å². The summed E-state index contributed by atoms with van der Waals surface area (Å²) in [7, 11) is -4.07. The minimum atomic E-state index is -4.07. The van der Waals surface area contributed by atoms with Crippen LogP contribution < -0.4 is 14.3 Å². The summed E-state index contributed by atoms with van der Waals surface area (Å²) in [5.74, 6) is -0.159. The fourth-order valence-electron chi connectivity index (χ4n) is 3.36. The van der Waals surface area contributed by atoms with Crippen LogP contribution in [0.5, 0.6) is 11.5 Å². The molecule has 3 aromatic carbocycles. The average molecular weight is 568 g/mol. The molecule has 0 fully saturated rings. The highest BCUT2D eigenvalue weighted by Crippen LogP contribution is 2.38. The van der Waals surface area contributed by atoms with Crippen molar-refractivity contribution in [1.29, 1.82) is 0 Å². The summed E-state index contributed by atoms with van der Waals surface area (Å²) >= 11 is 3.36. The van der Waals surface area contributed by atoms with E-state index in [2.05, 4.69) is 26.5 Å². The number of hydrogen-bond donors (Lipinski definition) is 1. The highest BCUT2D eigenvalue weighted by molar-refractivity contribution is 9.10. The van der Waals surface area contributed by atoms with E-state index in [1.54, 1.807) is 49.4 Å². The van der Waals surface area contributed by atoms with Crippen molar-refractivity contribution >= 4 is 38.2 Å². The summed E-state index contributed by atoms with van der Waals surface area (Å²) in [5, 5.41) is 4.07. The fraction of sp³-hybridized carbons (Fsp3) is 0.0769. The standard InChI is InChI=1S/C26H22BrN3O5S/c1-2-34-24-17-19(16-22(27)25(24)35-36(32,33)20-10-4-3-5-11-20)18-28-29-26(31)21-12-6-7-13-23(21)30-14-8-9-15-30/h3-18H,2H2,1H3,(H,29,31)/b28-18-. The number of nitrogens with one attached hydrogen (secondary N) is 1. The lowest BCUT2D eigenvalue weighted by molar-refractivity contribution is 0.0955. The van der Waals surface area contributed by atoms with Crippen molar-refractivity contribution < 1.29 is 22.1 Å². The van der Waals surface area contributed by atoms with Gasteiger partial charge in [0.05, 0.1) is 28.5 Å². The van der Waals surface area contributed by atoms with Crippen LogP contribution in [0.4, 0.5) is 0 Å². The summed E-state index contributed by atoms with van der Waals surface area (Å²) < 4.78 is 38.6. The molecule has 0 saturated carbocycles. The second-order valence-electron chi connectivity index (χ2n) is 7.42. The number of aromatic nitrogens is 1. The second kappa shape index (κ2) is 11.2. The van der Waals surface area contributed by atoms with Crippen molar-refractivity contribution in [2.75, 3.05) is 6.61 Å². The Hall–Kier alpha value is -3.89. The number of ether oxygens (including phenoxy) is 1. The van der Waals surface area contributed by atoms with E-state index in [0.717, 1.165) is 5.69 Å². The summed E-state index contributed by atoms with van der Waals surface area (Å²) in [6.07, 6.45) is 5.13. The Bertz CT molecular complexity index is 1490. The van der Waals surface area contributed by atoms with Crippen molar-refractivity contribution in [1.82, 2.24) is 9.99 Å². The first-order valence-corrected chi connectivity index (χ1v) is 13.1. The first kappa shape index (κ1) is 25.2. The monoisotopic (exact) mass is 567 g/mol. The van der Waals surface area contributed by atoms with Gasteiger partial charge in [-0.25, -0.2) is 5.43 Å². The molecule has 1 amide bonds. The lowest BCUT2D eigenvalue weighted by Gasteiger charge is -2.14. The maximum Gasteiger partial charge on any atom is 0.339 e. The Labute approximate surface area is 217 Å². The lowest BCUT2D eigenvalue weighted by Crippen LogP contribution is -2.19. The Kier molecular flexibility index (Phi) is 7.87. The topological polar surface area (TPSA) is 99.0 Å². The number of hydrazone groups is 1. The molecular weight excluding hydrogens is 546 g/mol. The molecule has 4 aromatic rings. The zero-order valence-electron chi connectivity index (χ0n) is 19.2. The maximum atomic E-state index is 12.8. The van der Waals surface area contributed by atoms with Crippen LogP contribution in [0.2, 0.25) is 0 Å². The molecule has 184 valence electrons. The highest BCUT2D eigenvalue weighted by atomic mass is 79.9. The van der Waals surface area contributed by atoms with Gasteiger partial charge in [0.2, 0.25) is 0 Å². The summed E-state index contributed by atoms with van der Waals surface area (Å²) in [6, 6.07) is 21.9. The van der Waals surface area contributed by atoms with E-state index in [1.165, 1.54) is 18.3 Å². The molecule has 1 aromatic heterocycles. The summed E-state index contributed by atoms with van der Waals surface area (Å²) in [6.45, 7) is 2.05. The smallest absolute Gasteiger partial charge is 0.339 e. The molecule has 0 aliphatic rings. The molecule has 0 unspecified atom stereocenters. The van der Waals surface area contributed by atoms with Crippen LogP contribution >= 0.6 is 15.9 Å². The SMILES string of the molecule is CCOc1cc(/C=N\NC(=O)c2ccccc2-n2cccc2)cc(Br)c1OS(=O)(=O)c1ccccc1. The number of hydrogen-bond acceptors (Lipinski definition) is 6. The van der Waals surface area contributed by atoms with E-state index >= 15 is 0 Å². The minimum Gasteiger partial charge on any atom is -0.490 e. The first-order chi connectivity index (χ1) is 17.4. The van der Waals surface area contributed by atoms with Crippen LogP contribution in [0.25, 0.3) is 5.69 Å². The van der Waals surface area contributed by atoms with Gasteiger partial charge in [-0.2, -0.15) is 13.5 Å². The van der Waals surface area contributed by atoms with Crippen LogP contribution in [-0.4, -0.2) is 31.7 Å². The quantitative estimate of drug-likeness (QED) is 0.171. The van der Waals surface area contributed by atoms with Crippen LogP contribution in [-0.2, 0) is 10.1 Å². The molecular formula is C26H22BrN3O5S. The fourth-order valence-corrected chi connectivity index (χ4v) is 4.99. The Morgan fingerprint density at radius 1 is 1.03 bits per heavy atom. The normalized spacial score (nSPS) is 11.4. The highest BCUT2D eigenvalue weighted by Gasteiger charge is 2.22. The Balaban J connectivity index is 1.55. The third-order valence-corrected chi connectivity index (χ3v) is 6.79.